The van der Waals surface area contributed by atoms with Crippen molar-refractivity contribution in [1.82, 2.24) is 5.16 Å². The zero-order valence-corrected chi connectivity index (χ0v) is 12.2. The average Bonchev–Trinajstić information content (AvgIpc) is 2.90. The molecule has 3 rings (SSSR count). The first kappa shape index (κ1) is 13.6. The van der Waals surface area contributed by atoms with Gasteiger partial charge in [0.05, 0.1) is 0 Å². The summed E-state index contributed by atoms with van der Waals surface area (Å²) in [4.78, 5) is 0. The van der Waals surface area contributed by atoms with Crippen molar-refractivity contribution in [1.29, 1.82) is 0 Å². The third-order valence-electron chi connectivity index (χ3n) is 3.44. The Balaban J connectivity index is 1.99. The smallest absolute Gasteiger partial charge is 0.134 e. The van der Waals surface area contributed by atoms with Crippen molar-refractivity contribution in [3.05, 3.63) is 59.5 Å². The molecular weight excluding hydrogens is 264 g/mol. The predicted octanol–water partition coefficient (Wildman–Crippen LogP) is 3.73. The Kier molecular flexibility index (Phi) is 3.62. The van der Waals surface area contributed by atoms with Gasteiger partial charge in [0, 0.05) is 23.1 Å². The zero-order chi connectivity index (χ0) is 14.8. The number of aryl methyl sites for hydroxylation is 1. The Morgan fingerprint density at radius 3 is 2.76 bits per heavy atom. The number of nitrogens with zero attached hydrogens (tertiary/aromatic N) is 1. The quantitative estimate of drug-likeness (QED) is 0.792. The van der Waals surface area contributed by atoms with Crippen molar-refractivity contribution >= 4 is 10.8 Å². The minimum Gasteiger partial charge on any atom is -0.486 e. The number of aromatic nitrogens is 1. The molecule has 4 heteroatoms. The van der Waals surface area contributed by atoms with Crippen LogP contribution in [0.2, 0.25) is 0 Å². The van der Waals surface area contributed by atoms with E-state index in [1.165, 1.54) is 0 Å². The lowest BCUT2D eigenvalue weighted by Gasteiger charge is -2.16. The van der Waals surface area contributed by atoms with E-state index in [1.807, 2.05) is 44.2 Å². The van der Waals surface area contributed by atoms with E-state index in [0.717, 1.165) is 33.5 Å². The number of rotatable bonds is 4. The second-order valence-electron chi connectivity index (χ2n) is 5.21. The maximum absolute atomic E-state index is 6.06. The predicted molar refractivity (Wildman–Crippen MR) is 82.1 cm³/mol. The standard InChI is InChI=1S/C17H18N2O2/c1-11-9-14(19-21-11)10-20-17-15(12(2)18)8-7-13-5-3-4-6-16(13)17/h3-9,12H,10,18H2,1-2H3/t12-/m0/s1. The van der Waals surface area contributed by atoms with E-state index in [9.17, 15) is 0 Å². The van der Waals surface area contributed by atoms with Crippen LogP contribution in [0.3, 0.4) is 0 Å². The lowest BCUT2D eigenvalue weighted by Crippen LogP contribution is -2.08. The molecule has 0 aliphatic carbocycles. The SMILES string of the molecule is Cc1cc(COc2c([C@H](C)N)ccc3ccccc23)no1. The summed E-state index contributed by atoms with van der Waals surface area (Å²) in [7, 11) is 0. The molecule has 108 valence electrons. The van der Waals surface area contributed by atoms with Gasteiger partial charge in [0.15, 0.2) is 0 Å². The number of fused-ring (bicyclic) bond motifs is 1. The van der Waals surface area contributed by atoms with Crippen molar-refractivity contribution < 1.29 is 9.26 Å². The van der Waals surface area contributed by atoms with Crippen molar-refractivity contribution in [2.24, 2.45) is 5.73 Å². The minimum absolute atomic E-state index is 0.0938. The monoisotopic (exact) mass is 282 g/mol. The second kappa shape index (κ2) is 5.58. The first-order chi connectivity index (χ1) is 10.1. The number of hydrogen-bond acceptors (Lipinski definition) is 4. The van der Waals surface area contributed by atoms with Gasteiger partial charge in [-0.1, -0.05) is 41.6 Å². The van der Waals surface area contributed by atoms with E-state index in [1.54, 1.807) is 0 Å². The van der Waals surface area contributed by atoms with Crippen LogP contribution >= 0.6 is 0 Å². The molecule has 0 saturated heterocycles. The molecule has 2 aromatic carbocycles. The summed E-state index contributed by atoms with van der Waals surface area (Å²) in [5, 5.41) is 6.15. The largest absolute Gasteiger partial charge is 0.486 e. The van der Waals surface area contributed by atoms with Gasteiger partial charge in [0.2, 0.25) is 0 Å². The summed E-state index contributed by atoms with van der Waals surface area (Å²) < 4.78 is 11.1. The maximum atomic E-state index is 6.06. The molecule has 1 aromatic heterocycles. The van der Waals surface area contributed by atoms with Gasteiger partial charge in [-0.25, -0.2) is 0 Å². The highest BCUT2D eigenvalue weighted by molar-refractivity contribution is 5.89. The van der Waals surface area contributed by atoms with Crippen LogP contribution in [0.25, 0.3) is 10.8 Å². The average molecular weight is 282 g/mol. The maximum Gasteiger partial charge on any atom is 0.134 e. The second-order valence-corrected chi connectivity index (χ2v) is 5.21. The first-order valence-corrected chi connectivity index (χ1v) is 6.97. The molecule has 1 heterocycles. The third-order valence-corrected chi connectivity index (χ3v) is 3.44. The molecule has 0 unspecified atom stereocenters. The number of ether oxygens (including phenoxy) is 1. The number of benzene rings is 2. The fraction of sp³-hybridized carbons (Fsp3) is 0.235. The minimum atomic E-state index is -0.0938. The Morgan fingerprint density at radius 1 is 1.24 bits per heavy atom. The van der Waals surface area contributed by atoms with E-state index in [2.05, 4.69) is 17.3 Å². The summed E-state index contributed by atoms with van der Waals surface area (Å²) in [5.74, 6) is 1.60. The summed E-state index contributed by atoms with van der Waals surface area (Å²) in [5.41, 5.74) is 7.83. The van der Waals surface area contributed by atoms with Gasteiger partial charge < -0.3 is 15.0 Å². The zero-order valence-electron chi connectivity index (χ0n) is 12.2. The molecule has 1 atom stereocenters. The molecule has 0 fully saturated rings. The Hall–Kier alpha value is -2.33. The normalized spacial score (nSPS) is 12.5. The van der Waals surface area contributed by atoms with Gasteiger partial charge in [0.1, 0.15) is 23.8 Å². The van der Waals surface area contributed by atoms with Crippen molar-refractivity contribution in [3.63, 3.8) is 0 Å². The summed E-state index contributed by atoms with van der Waals surface area (Å²) in [6.45, 7) is 4.18. The van der Waals surface area contributed by atoms with E-state index in [4.69, 9.17) is 15.0 Å². The highest BCUT2D eigenvalue weighted by atomic mass is 16.5. The molecule has 0 spiro atoms. The van der Waals surface area contributed by atoms with Crippen LogP contribution in [-0.2, 0) is 6.61 Å². The van der Waals surface area contributed by atoms with Gasteiger partial charge in [-0.05, 0) is 19.2 Å². The Bertz CT molecular complexity index is 762. The first-order valence-electron chi connectivity index (χ1n) is 6.97. The highest BCUT2D eigenvalue weighted by Crippen LogP contribution is 2.33. The molecule has 4 nitrogen and oxygen atoms in total. The Morgan fingerprint density at radius 2 is 2.05 bits per heavy atom. The van der Waals surface area contributed by atoms with E-state index < -0.39 is 0 Å². The topological polar surface area (TPSA) is 61.3 Å². The molecule has 0 aliphatic rings. The molecule has 0 saturated carbocycles. The van der Waals surface area contributed by atoms with Crippen LogP contribution in [0.4, 0.5) is 0 Å². The van der Waals surface area contributed by atoms with Gasteiger partial charge in [-0.3, -0.25) is 0 Å². The third kappa shape index (κ3) is 2.76. The lowest BCUT2D eigenvalue weighted by atomic mass is 10.0. The molecule has 3 aromatic rings. The molecular formula is C17H18N2O2. The van der Waals surface area contributed by atoms with Gasteiger partial charge in [-0.15, -0.1) is 0 Å². The molecule has 0 aliphatic heterocycles. The van der Waals surface area contributed by atoms with Crippen molar-refractivity contribution in [3.8, 4) is 5.75 Å². The fourth-order valence-electron chi connectivity index (χ4n) is 2.41. The van der Waals surface area contributed by atoms with Crippen LogP contribution in [0.15, 0.2) is 47.0 Å². The number of hydrogen-bond donors (Lipinski definition) is 1. The number of nitrogens with two attached hydrogens (primary N) is 1. The van der Waals surface area contributed by atoms with E-state index in [0.29, 0.717) is 6.61 Å². The Labute approximate surface area is 123 Å². The summed E-state index contributed by atoms with van der Waals surface area (Å²) in [6, 6.07) is 14.0. The van der Waals surface area contributed by atoms with Gasteiger partial charge in [0.25, 0.3) is 0 Å². The molecule has 2 N–H and O–H groups in total. The van der Waals surface area contributed by atoms with Crippen LogP contribution in [0.1, 0.15) is 30.0 Å². The van der Waals surface area contributed by atoms with Gasteiger partial charge in [-0.2, -0.15) is 0 Å². The highest BCUT2D eigenvalue weighted by Gasteiger charge is 2.13. The van der Waals surface area contributed by atoms with Crippen LogP contribution < -0.4 is 10.5 Å². The molecule has 0 radical (unpaired) electrons. The van der Waals surface area contributed by atoms with Crippen molar-refractivity contribution in [2.45, 2.75) is 26.5 Å². The molecule has 0 amide bonds. The van der Waals surface area contributed by atoms with Crippen molar-refractivity contribution in [2.75, 3.05) is 0 Å². The lowest BCUT2D eigenvalue weighted by molar-refractivity contribution is 0.287. The fourth-order valence-corrected chi connectivity index (χ4v) is 2.41. The summed E-state index contributed by atoms with van der Waals surface area (Å²) >= 11 is 0. The van der Waals surface area contributed by atoms with E-state index >= 15 is 0 Å². The molecule has 21 heavy (non-hydrogen) atoms. The van der Waals surface area contributed by atoms with Crippen LogP contribution in [0.5, 0.6) is 5.75 Å². The van der Waals surface area contributed by atoms with Crippen LogP contribution in [-0.4, -0.2) is 5.16 Å². The van der Waals surface area contributed by atoms with Gasteiger partial charge >= 0.3 is 0 Å². The van der Waals surface area contributed by atoms with E-state index in [-0.39, 0.29) is 6.04 Å². The molecule has 0 bridgehead atoms. The van der Waals surface area contributed by atoms with Crippen LogP contribution in [0, 0.1) is 6.92 Å². The summed E-state index contributed by atoms with van der Waals surface area (Å²) in [6.07, 6.45) is 0.